The zero-order chi connectivity index (χ0) is 13.0. The standard InChI is InChI=1S/C15H29NO2/c1-4-17-11-14(12(2)3)16-13-6-9-18-15(10-13)7-5-8-15/h12-14,16H,4-11H2,1-3H3. The van der Waals surface area contributed by atoms with Crippen molar-refractivity contribution in [3.05, 3.63) is 0 Å². The summed E-state index contributed by atoms with van der Waals surface area (Å²) in [6.07, 6.45) is 6.23. The molecule has 2 aliphatic rings. The van der Waals surface area contributed by atoms with Gasteiger partial charge in [0.2, 0.25) is 0 Å². The predicted molar refractivity (Wildman–Crippen MR) is 73.8 cm³/mol. The van der Waals surface area contributed by atoms with Crippen LogP contribution in [0.4, 0.5) is 0 Å². The van der Waals surface area contributed by atoms with E-state index in [9.17, 15) is 0 Å². The molecule has 2 atom stereocenters. The Labute approximate surface area is 112 Å². The van der Waals surface area contributed by atoms with E-state index in [0.717, 1.165) is 26.2 Å². The molecule has 0 radical (unpaired) electrons. The molecule has 0 amide bonds. The Morgan fingerprint density at radius 2 is 2.17 bits per heavy atom. The highest BCUT2D eigenvalue weighted by Crippen LogP contribution is 2.42. The van der Waals surface area contributed by atoms with Gasteiger partial charge in [0.05, 0.1) is 12.2 Å². The normalized spacial score (nSPS) is 28.3. The van der Waals surface area contributed by atoms with Crippen LogP contribution in [0.2, 0.25) is 0 Å². The maximum absolute atomic E-state index is 5.98. The van der Waals surface area contributed by atoms with Crippen molar-refractivity contribution in [2.75, 3.05) is 19.8 Å². The second-order valence-corrected chi connectivity index (χ2v) is 6.25. The van der Waals surface area contributed by atoms with Crippen molar-refractivity contribution in [1.82, 2.24) is 5.32 Å². The minimum Gasteiger partial charge on any atom is -0.380 e. The maximum atomic E-state index is 5.98. The van der Waals surface area contributed by atoms with E-state index in [1.807, 2.05) is 0 Å². The summed E-state index contributed by atoms with van der Waals surface area (Å²) in [4.78, 5) is 0. The van der Waals surface area contributed by atoms with Gasteiger partial charge in [0.15, 0.2) is 0 Å². The van der Waals surface area contributed by atoms with E-state index in [4.69, 9.17) is 9.47 Å². The molecule has 1 N–H and O–H groups in total. The van der Waals surface area contributed by atoms with Crippen molar-refractivity contribution in [2.45, 2.75) is 70.6 Å². The quantitative estimate of drug-likeness (QED) is 0.791. The molecular formula is C15H29NO2. The summed E-state index contributed by atoms with van der Waals surface area (Å²) in [5.74, 6) is 0.622. The van der Waals surface area contributed by atoms with Gasteiger partial charge in [-0.1, -0.05) is 13.8 Å². The van der Waals surface area contributed by atoms with Crippen molar-refractivity contribution in [3.8, 4) is 0 Å². The zero-order valence-electron chi connectivity index (χ0n) is 12.2. The zero-order valence-corrected chi connectivity index (χ0v) is 12.2. The van der Waals surface area contributed by atoms with Gasteiger partial charge in [-0.3, -0.25) is 0 Å². The lowest BCUT2D eigenvalue weighted by Crippen LogP contribution is -2.54. The molecule has 2 fully saturated rings. The number of hydrogen-bond donors (Lipinski definition) is 1. The van der Waals surface area contributed by atoms with E-state index in [2.05, 4.69) is 26.1 Å². The first-order chi connectivity index (χ1) is 8.65. The Morgan fingerprint density at radius 3 is 2.72 bits per heavy atom. The monoisotopic (exact) mass is 255 g/mol. The second-order valence-electron chi connectivity index (χ2n) is 6.25. The van der Waals surface area contributed by atoms with Crippen LogP contribution in [0, 0.1) is 5.92 Å². The second kappa shape index (κ2) is 6.36. The van der Waals surface area contributed by atoms with Gasteiger partial charge in [-0.25, -0.2) is 0 Å². The van der Waals surface area contributed by atoms with Crippen molar-refractivity contribution in [1.29, 1.82) is 0 Å². The van der Waals surface area contributed by atoms with Gasteiger partial charge in [-0.15, -0.1) is 0 Å². The summed E-state index contributed by atoms with van der Waals surface area (Å²) in [5.41, 5.74) is 0.239. The van der Waals surface area contributed by atoms with Crippen LogP contribution < -0.4 is 5.32 Å². The Balaban J connectivity index is 1.82. The topological polar surface area (TPSA) is 30.5 Å². The third-order valence-corrected chi connectivity index (χ3v) is 4.51. The van der Waals surface area contributed by atoms with Crippen LogP contribution in [0.5, 0.6) is 0 Å². The van der Waals surface area contributed by atoms with Crippen molar-refractivity contribution in [2.24, 2.45) is 5.92 Å². The lowest BCUT2D eigenvalue weighted by Gasteiger charge is -2.48. The SMILES string of the molecule is CCOCC(NC1CCOC2(CCC2)C1)C(C)C. The molecule has 3 heteroatoms. The summed E-state index contributed by atoms with van der Waals surface area (Å²) in [7, 11) is 0. The number of nitrogens with one attached hydrogen (secondary N) is 1. The van der Waals surface area contributed by atoms with Crippen molar-refractivity contribution >= 4 is 0 Å². The molecule has 1 spiro atoms. The van der Waals surface area contributed by atoms with Gasteiger partial charge in [-0.2, -0.15) is 0 Å². The largest absolute Gasteiger partial charge is 0.380 e. The van der Waals surface area contributed by atoms with E-state index in [-0.39, 0.29) is 5.60 Å². The fourth-order valence-electron chi connectivity index (χ4n) is 3.07. The first-order valence-corrected chi connectivity index (χ1v) is 7.63. The lowest BCUT2D eigenvalue weighted by molar-refractivity contribution is -0.137. The molecule has 0 bridgehead atoms. The predicted octanol–water partition coefficient (Wildman–Crippen LogP) is 2.74. The molecule has 1 aliphatic heterocycles. The minimum atomic E-state index is 0.239. The molecule has 1 saturated heterocycles. The van der Waals surface area contributed by atoms with E-state index in [0.29, 0.717) is 18.0 Å². The lowest BCUT2D eigenvalue weighted by atomic mass is 9.73. The van der Waals surface area contributed by atoms with Crippen molar-refractivity contribution < 1.29 is 9.47 Å². The molecule has 0 aromatic heterocycles. The molecule has 3 nitrogen and oxygen atoms in total. The smallest absolute Gasteiger partial charge is 0.0697 e. The van der Waals surface area contributed by atoms with Crippen LogP contribution >= 0.6 is 0 Å². The van der Waals surface area contributed by atoms with Gasteiger partial charge < -0.3 is 14.8 Å². The van der Waals surface area contributed by atoms with Crippen molar-refractivity contribution in [3.63, 3.8) is 0 Å². The molecule has 18 heavy (non-hydrogen) atoms. The summed E-state index contributed by atoms with van der Waals surface area (Å²) < 4.78 is 11.6. The minimum absolute atomic E-state index is 0.239. The molecule has 2 unspecified atom stereocenters. The van der Waals surface area contributed by atoms with Gasteiger partial charge in [0.25, 0.3) is 0 Å². The van der Waals surface area contributed by atoms with Gasteiger partial charge in [0.1, 0.15) is 0 Å². The third kappa shape index (κ3) is 3.46. The third-order valence-electron chi connectivity index (χ3n) is 4.51. The van der Waals surface area contributed by atoms with Crippen LogP contribution in [-0.4, -0.2) is 37.5 Å². The summed E-state index contributed by atoms with van der Waals surface area (Å²) in [5, 5.41) is 3.81. The fourth-order valence-corrected chi connectivity index (χ4v) is 3.07. The molecule has 106 valence electrons. The highest BCUT2D eigenvalue weighted by molar-refractivity contribution is 4.96. The van der Waals surface area contributed by atoms with E-state index in [1.54, 1.807) is 0 Å². The summed E-state index contributed by atoms with van der Waals surface area (Å²) in [6, 6.07) is 1.09. The van der Waals surface area contributed by atoms with Crippen LogP contribution in [0.25, 0.3) is 0 Å². The molecular weight excluding hydrogens is 226 g/mol. The van der Waals surface area contributed by atoms with Crippen LogP contribution in [0.1, 0.15) is 52.9 Å². The molecule has 1 saturated carbocycles. The van der Waals surface area contributed by atoms with E-state index < -0.39 is 0 Å². The number of hydrogen-bond acceptors (Lipinski definition) is 3. The van der Waals surface area contributed by atoms with Gasteiger partial charge in [0, 0.05) is 25.3 Å². The average molecular weight is 255 g/mol. The van der Waals surface area contributed by atoms with E-state index >= 15 is 0 Å². The maximum Gasteiger partial charge on any atom is 0.0697 e. The van der Waals surface area contributed by atoms with Crippen LogP contribution in [0.3, 0.4) is 0 Å². The van der Waals surface area contributed by atoms with Gasteiger partial charge >= 0.3 is 0 Å². The summed E-state index contributed by atoms with van der Waals surface area (Å²) >= 11 is 0. The molecule has 0 aromatic carbocycles. The number of ether oxygens (including phenoxy) is 2. The molecule has 2 rings (SSSR count). The van der Waals surface area contributed by atoms with Crippen LogP contribution in [-0.2, 0) is 9.47 Å². The summed E-state index contributed by atoms with van der Waals surface area (Å²) in [6.45, 7) is 9.18. The highest BCUT2D eigenvalue weighted by Gasteiger charge is 2.42. The Morgan fingerprint density at radius 1 is 1.39 bits per heavy atom. The van der Waals surface area contributed by atoms with E-state index in [1.165, 1.54) is 25.7 Å². The number of rotatable bonds is 6. The first kappa shape index (κ1) is 14.3. The molecule has 0 aromatic rings. The fraction of sp³-hybridized carbons (Fsp3) is 1.00. The molecule has 1 heterocycles. The molecule has 1 aliphatic carbocycles. The Bertz CT molecular complexity index is 251. The Kier molecular flexibility index (Phi) is 5.05. The average Bonchev–Trinajstić information content (AvgIpc) is 2.32. The van der Waals surface area contributed by atoms with Gasteiger partial charge in [-0.05, 0) is 44.9 Å². The Hall–Kier alpha value is -0.120. The highest BCUT2D eigenvalue weighted by atomic mass is 16.5. The first-order valence-electron chi connectivity index (χ1n) is 7.63. The van der Waals surface area contributed by atoms with Crippen LogP contribution in [0.15, 0.2) is 0 Å².